The molecule has 2 heterocycles. The van der Waals surface area contributed by atoms with Gasteiger partial charge in [0.25, 0.3) is 0 Å². The van der Waals surface area contributed by atoms with E-state index in [4.69, 9.17) is 5.73 Å². The van der Waals surface area contributed by atoms with Crippen LogP contribution in [0.5, 0.6) is 0 Å². The van der Waals surface area contributed by atoms with Crippen LogP contribution < -0.4 is 11.1 Å². The summed E-state index contributed by atoms with van der Waals surface area (Å²) in [5.74, 6) is 0.810. The van der Waals surface area contributed by atoms with Gasteiger partial charge in [0.2, 0.25) is 0 Å². The van der Waals surface area contributed by atoms with E-state index in [1.807, 2.05) is 20.9 Å². The first-order valence-electron chi connectivity index (χ1n) is 5.38. The summed E-state index contributed by atoms with van der Waals surface area (Å²) in [7, 11) is 1.85. The summed E-state index contributed by atoms with van der Waals surface area (Å²) in [4.78, 5) is 8.45. The molecule has 2 aromatic rings. The van der Waals surface area contributed by atoms with Crippen LogP contribution in [0.15, 0.2) is 12.4 Å². The number of anilines is 2. The van der Waals surface area contributed by atoms with Gasteiger partial charge in [-0.15, -0.1) is 0 Å². The first-order chi connectivity index (χ1) is 8.08. The third-order valence-electron chi connectivity index (χ3n) is 2.54. The Morgan fingerprint density at radius 3 is 2.59 bits per heavy atom. The van der Waals surface area contributed by atoms with Crippen molar-refractivity contribution in [3.8, 4) is 0 Å². The number of rotatable bonds is 3. The number of nitrogen functional groups attached to an aromatic ring is 1. The molecule has 6 nitrogen and oxygen atoms in total. The second-order valence-electron chi connectivity index (χ2n) is 3.97. The fraction of sp³-hybridized carbons (Fsp3) is 0.364. The van der Waals surface area contributed by atoms with Gasteiger partial charge in [-0.1, -0.05) is 0 Å². The van der Waals surface area contributed by atoms with E-state index in [9.17, 15) is 0 Å². The average Bonchev–Trinajstić information content (AvgIpc) is 2.54. The number of nitrogens with zero attached hydrogens (tertiary/aromatic N) is 4. The van der Waals surface area contributed by atoms with E-state index < -0.39 is 0 Å². The highest BCUT2D eigenvalue weighted by atomic mass is 15.3. The van der Waals surface area contributed by atoms with Gasteiger partial charge in [0.05, 0.1) is 35.5 Å². The van der Waals surface area contributed by atoms with Crippen LogP contribution in [0.25, 0.3) is 0 Å². The van der Waals surface area contributed by atoms with Crippen LogP contribution in [0, 0.1) is 13.8 Å². The summed E-state index contributed by atoms with van der Waals surface area (Å²) in [5, 5.41) is 7.44. The predicted octanol–water partition coefficient (Wildman–Crippen LogP) is 1.02. The highest BCUT2D eigenvalue weighted by Gasteiger charge is 2.09. The zero-order chi connectivity index (χ0) is 12.4. The van der Waals surface area contributed by atoms with E-state index in [2.05, 4.69) is 20.4 Å². The smallest absolute Gasteiger partial charge is 0.148 e. The summed E-state index contributed by atoms with van der Waals surface area (Å²) < 4.78 is 1.73. The van der Waals surface area contributed by atoms with E-state index >= 15 is 0 Å². The van der Waals surface area contributed by atoms with Gasteiger partial charge in [-0.05, 0) is 13.8 Å². The lowest BCUT2D eigenvalue weighted by molar-refractivity contribution is 0.756. The molecule has 0 bridgehead atoms. The molecule has 17 heavy (non-hydrogen) atoms. The molecule has 0 radical (unpaired) electrons. The quantitative estimate of drug-likeness (QED) is 0.825. The molecule has 0 fully saturated rings. The highest BCUT2D eigenvalue weighted by molar-refractivity contribution is 5.64. The van der Waals surface area contributed by atoms with Gasteiger partial charge in [-0.3, -0.25) is 14.6 Å². The maximum atomic E-state index is 5.91. The van der Waals surface area contributed by atoms with Gasteiger partial charge in [0.1, 0.15) is 5.82 Å². The Labute approximate surface area is 99.9 Å². The molecule has 0 unspecified atom stereocenters. The molecule has 0 amide bonds. The monoisotopic (exact) mass is 232 g/mol. The number of hydrogen-bond acceptors (Lipinski definition) is 5. The number of nitrogens with two attached hydrogens (primary N) is 1. The molecular weight excluding hydrogens is 216 g/mol. The van der Waals surface area contributed by atoms with E-state index in [0.29, 0.717) is 12.2 Å². The first-order valence-corrected chi connectivity index (χ1v) is 5.38. The molecule has 0 saturated carbocycles. The van der Waals surface area contributed by atoms with Crippen LogP contribution in [-0.4, -0.2) is 19.7 Å². The summed E-state index contributed by atoms with van der Waals surface area (Å²) in [5.41, 5.74) is 9.18. The van der Waals surface area contributed by atoms with Crippen LogP contribution in [0.3, 0.4) is 0 Å². The topological polar surface area (TPSA) is 81.6 Å². The van der Waals surface area contributed by atoms with Crippen molar-refractivity contribution in [3.63, 3.8) is 0 Å². The maximum absolute atomic E-state index is 5.91. The molecule has 0 atom stereocenters. The molecule has 2 rings (SSSR count). The summed E-state index contributed by atoms with van der Waals surface area (Å²) in [6.45, 7) is 4.37. The first kappa shape index (κ1) is 11.4. The van der Waals surface area contributed by atoms with Gasteiger partial charge in [0.15, 0.2) is 0 Å². The molecular formula is C11H16N6. The Balaban J connectivity index is 2.09. The molecule has 0 aliphatic heterocycles. The highest BCUT2D eigenvalue weighted by Crippen LogP contribution is 2.21. The summed E-state index contributed by atoms with van der Waals surface area (Å²) >= 11 is 0. The van der Waals surface area contributed by atoms with Crippen molar-refractivity contribution in [1.29, 1.82) is 0 Å². The minimum Gasteiger partial charge on any atom is -0.394 e. The molecule has 2 aromatic heterocycles. The van der Waals surface area contributed by atoms with Crippen molar-refractivity contribution in [2.75, 3.05) is 11.1 Å². The third-order valence-corrected chi connectivity index (χ3v) is 2.54. The molecule has 3 N–H and O–H groups in total. The Bertz CT molecular complexity index is 514. The normalized spacial score (nSPS) is 10.5. The van der Waals surface area contributed by atoms with Crippen LogP contribution >= 0.6 is 0 Å². The molecule has 0 spiro atoms. The van der Waals surface area contributed by atoms with Crippen molar-refractivity contribution in [3.05, 3.63) is 29.5 Å². The minimum absolute atomic E-state index is 0.580. The SMILES string of the molecule is Cc1cnc(CNc2c(N)c(C)nn2C)cn1. The Morgan fingerprint density at radius 2 is 2.06 bits per heavy atom. The van der Waals surface area contributed by atoms with Crippen molar-refractivity contribution in [2.24, 2.45) is 7.05 Å². The van der Waals surface area contributed by atoms with E-state index in [1.54, 1.807) is 17.1 Å². The molecule has 0 aliphatic carbocycles. The molecule has 90 valence electrons. The van der Waals surface area contributed by atoms with Gasteiger partial charge >= 0.3 is 0 Å². The van der Waals surface area contributed by atoms with Gasteiger partial charge in [0, 0.05) is 13.2 Å². The van der Waals surface area contributed by atoms with Crippen molar-refractivity contribution in [1.82, 2.24) is 19.7 Å². The predicted molar refractivity (Wildman–Crippen MR) is 66.5 cm³/mol. The van der Waals surface area contributed by atoms with Crippen molar-refractivity contribution < 1.29 is 0 Å². The van der Waals surface area contributed by atoms with Crippen LogP contribution in [0.1, 0.15) is 17.1 Å². The second kappa shape index (κ2) is 4.40. The lowest BCUT2D eigenvalue weighted by Crippen LogP contribution is -2.08. The van der Waals surface area contributed by atoms with Gasteiger partial charge in [-0.25, -0.2) is 0 Å². The maximum Gasteiger partial charge on any atom is 0.148 e. The standard InChI is InChI=1S/C11H16N6/c1-7-4-14-9(5-13-7)6-15-11-10(12)8(2)16-17(11)3/h4-5,15H,6,12H2,1-3H3. The van der Waals surface area contributed by atoms with Gasteiger partial charge in [-0.2, -0.15) is 5.10 Å². The fourth-order valence-corrected chi connectivity index (χ4v) is 1.57. The number of hydrogen-bond donors (Lipinski definition) is 2. The van der Waals surface area contributed by atoms with E-state index in [0.717, 1.165) is 22.9 Å². The number of nitrogens with one attached hydrogen (secondary N) is 1. The van der Waals surface area contributed by atoms with Crippen molar-refractivity contribution >= 4 is 11.5 Å². The Kier molecular flexibility index (Phi) is 2.95. The largest absolute Gasteiger partial charge is 0.394 e. The number of aryl methyl sites for hydroxylation is 3. The van der Waals surface area contributed by atoms with Gasteiger partial charge < -0.3 is 11.1 Å². The summed E-state index contributed by atoms with van der Waals surface area (Å²) in [6, 6.07) is 0. The summed E-state index contributed by atoms with van der Waals surface area (Å²) in [6.07, 6.45) is 3.50. The Morgan fingerprint density at radius 1 is 1.29 bits per heavy atom. The number of aromatic nitrogens is 4. The molecule has 0 saturated heterocycles. The zero-order valence-electron chi connectivity index (χ0n) is 10.2. The Hall–Kier alpha value is -2.11. The second-order valence-corrected chi connectivity index (χ2v) is 3.97. The van der Waals surface area contributed by atoms with Crippen LogP contribution in [0.4, 0.5) is 11.5 Å². The lowest BCUT2D eigenvalue weighted by atomic mass is 10.3. The molecule has 0 aliphatic rings. The van der Waals surface area contributed by atoms with E-state index in [1.165, 1.54) is 0 Å². The minimum atomic E-state index is 0.580. The zero-order valence-corrected chi connectivity index (χ0v) is 10.2. The average molecular weight is 232 g/mol. The lowest BCUT2D eigenvalue weighted by Gasteiger charge is -2.07. The van der Waals surface area contributed by atoms with Crippen LogP contribution in [0.2, 0.25) is 0 Å². The molecule has 6 heteroatoms. The van der Waals surface area contributed by atoms with E-state index in [-0.39, 0.29) is 0 Å². The van der Waals surface area contributed by atoms with Crippen LogP contribution in [-0.2, 0) is 13.6 Å². The fourth-order valence-electron chi connectivity index (χ4n) is 1.57. The van der Waals surface area contributed by atoms with Crippen molar-refractivity contribution in [2.45, 2.75) is 20.4 Å². The third kappa shape index (κ3) is 2.35. The molecule has 0 aromatic carbocycles.